The maximum Gasteiger partial charge on any atom is 0.0874 e. The van der Waals surface area contributed by atoms with E-state index in [0.29, 0.717) is 0 Å². The van der Waals surface area contributed by atoms with Gasteiger partial charge in [0.2, 0.25) is 0 Å². The van der Waals surface area contributed by atoms with E-state index in [9.17, 15) is 0 Å². The van der Waals surface area contributed by atoms with Gasteiger partial charge in [0.05, 0.1) is 33.5 Å². The van der Waals surface area contributed by atoms with Crippen LogP contribution in [0.1, 0.15) is 113 Å². The molecule has 0 spiro atoms. The molecule has 0 aliphatic heterocycles. The van der Waals surface area contributed by atoms with Crippen molar-refractivity contribution in [2.75, 3.05) is 0 Å². The summed E-state index contributed by atoms with van der Waals surface area (Å²) >= 11 is 0. The first kappa shape index (κ1) is 38.1. The highest BCUT2D eigenvalue weighted by atomic mass is 15.3. The molecule has 57 heavy (non-hydrogen) atoms. The molecule has 0 aliphatic rings. The predicted molar refractivity (Wildman–Crippen MR) is 240 cm³/mol. The molecule has 0 bridgehead atoms. The monoisotopic (exact) mass is 748 g/mol. The first-order chi connectivity index (χ1) is 27.0. The molecule has 0 radical (unpaired) electrons. The third kappa shape index (κ3) is 6.69. The lowest BCUT2D eigenvalue weighted by molar-refractivity contribution is 0.583. The van der Waals surface area contributed by atoms with E-state index in [4.69, 9.17) is 10.1 Å². The SMILES string of the molecule is Cc1cc(C)n(-c2ccc3c4ccccc4n(-c4cc(C(C)(C)C)cc(C(c5ccc(C(C)(C)C)cc5)(c5ccc(C(C)(C)C)cc5)c5ccccn5)c4)c3c2)n1. The van der Waals surface area contributed by atoms with Crippen molar-refractivity contribution in [3.05, 3.63) is 190 Å². The van der Waals surface area contributed by atoms with Gasteiger partial charge in [0.1, 0.15) is 0 Å². The summed E-state index contributed by atoms with van der Waals surface area (Å²) in [6, 6.07) is 50.0. The second-order valence-corrected chi connectivity index (χ2v) is 19.0. The molecule has 3 aromatic heterocycles. The van der Waals surface area contributed by atoms with Gasteiger partial charge in [-0.15, -0.1) is 0 Å². The van der Waals surface area contributed by atoms with Crippen molar-refractivity contribution < 1.29 is 0 Å². The molecule has 0 unspecified atom stereocenters. The quantitative estimate of drug-likeness (QED) is 0.159. The van der Waals surface area contributed by atoms with Crippen LogP contribution in [0.3, 0.4) is 0 Å². The van der Waals surface area contributed by atoms with Gasteiger partial charge in [0.25, 0.3) is 0 Å². The highest BCUT2D eigenvalue weighted by Gasteiger charge is 2.41. The van der Waals surface area contributed by atoms with E-state index >= 15 is 0 Å². The average molecular weight is 749 g/mol. The van der Waals surface area contributed by atoms with Gasteiger partial charge in [0, 0.05) is 28.4 Å². The van der Waals surface area contributed by atoms with Gasteiger partial charge < -0.3 is 4.57 Å². The summed E-state index contributed by atoms with van der Waals surface area (Å²) in [6.45, 7) is 24.8. The summed E-state index contributed by atoms with van der Waals surface area (Å²) in [5.41, 5.74) is 14.1. The Bertz CT molecular complexity index is 2670. The molecule has 0 atom stereocenters. The Hall–Kier alpha value is -5.74. The summed E-state index contributed by atoms with van der Waals surface area (Å²) in [4.78, 5) is 5.25. The van der Waals surface area contributed by atoms with E-state index in [1.165, 1.54) is 49.7 Å². The van der Waals surface area contributed by atoms with Gasteiger partial charge in [-0.05, 0) is 112 Å². The topological polar surface area (TPSA) is 35.6 Å². The second-order valence-electron chi connectivity index (χ2n) is 19.0. The zero-order chi connectivity index (χ0) is 40.5. The molecular formula is C53H56N4. The first-order valence-electron chi connectivity index (χ1n) is 20.3. The molecule has 0 saturated heterocycles. The van der Waals surface area contributed by atoms with E-state index < -0.39 is 5.41 Å². The van der Waals surface area contributed by atoms with Crippen molar-refractivity contribution in [3.8, 4) is 11.4 Å². The number of fused-ring (bicyclic) bond motifs is 3. The molecule has 0 fully saturated rings. The normalized spacial score (nSPS) is 12.8. The number of pyridine rings is 1. The van der Waals surface area contributed by atoms with Crippen molar-refractivity contribution in [2.24, 2.45) is 0 Å². The minimum Gasteiger partial charge on any atom is -0.309 e. The summed E-state index contributed by atoms with van der Waals surface area (Å²) in [7, 11) is 0. The molecule has 4 heteroatoms. The van der Waals surface area contributed by atoms with E-state index in [1.807, 2.05) is 12.3 Å². The first-order valence-corrected chi connectivity index (χ1v) is 20.3. The van der Waals surface area contributed by atoms with E-state index in [1.54, 1.807) is 0 Å². The molecule has 0 saturated carbocycles. The summed E-state index contributed by atoms with van der Waals surface area (Å²) in [5.74, 6) is 0. The van der Waals surface area contributed by atoms with Gasteiger partial charge >= 0.3 is 0 Å². The van der Waals surface area contributed by atoms with Crippen LogP contribution >= 0.6 is 0 Å². The Morgan fingerprint density at radius 3 is 1.53 bits per heavy atom. The van der Waals surface area contributed by atoms with E-state index in [-0.39, 0.29) is 16.2 Å². The zero-order valence-electron chi connectivity index (χ0n) is 35.6. The summed E-state index contributed by atoms with van der Waals surface area (Å²) in [5, 5.41) is 7.32. The van der Waals surface area contributed by atoms with Gasteiger partial charge in [-0.3, -0.25) is 4.98 Å². The molecule has 0 N–H and O–H groups in total. The van der Waals surface area contributed by atoms with Crippen molar-refractivity contribution in [2.45, 2.75) is 97.8 Å². The Kier molecular flexibility index (Phi) is 9.19. The number of rotatable bonds is 6. The van der Waals surface area contributed by atoms with Crippen LogP contribution in [-0.4, -0.2) is 19.3 Å². The number of hydrogen-bond donors (Lipinski definition) is 0. The minimum atomic E-state index is -0.738. The third-order valence-corrected chi connectivity index (χ3v) is 11.8. The van der Waals surface area contributed by atoms with Gasteiger partial charge in [0.15, 0.2) is 0 Å². The molecule has 0 aliphatic carbocycles. The number of benzene rings is 5. The van der Waals surface area contributed by atoms with E-state index in [0.717, 1.165) is 34.0 Å². The average Bonchev–Trinajstić information content (AvgIpc) is 3.70. The number of para-hydroxylation sites is 1. The van der Waals surface area contributed by atoms with Crippen LogP contribution in [0.2, 0.25) is 0 Å². The van der Waals surface area contributed by atoms with Crippen LogP contribution < -0.4 is 0 Å². The second kappa shape index (κ2) is 13.7. The Morgan fingerprint density at radius 1 is 0.439 bits per heavy atom. The van der Waals surface area contributed by atoms with Crippen LogP contribution in [0.4, 0.5) is 0 Å². The molecule has 0 amide bonds. The predicted octanol–water partition coefficient (Wildman–Crippen LogP) is 13.3. The molecule has 5 aromatic carbocycles. The van der Waals surface area contributed by atoms with Crippen molar-refractivity contribution in [3.63, 3.8) is 0 Å². The maximum atomic E-state index is 5.25. The third-order valence-electron chi connectivity index (χ3n) is 11.8. The highest BCUT2D eigenvalue weighted by molar-refractivity contribution is 6.09. The Labute approximate surface area is 339 Å². The van der Waals surface area contributed by atoms with Gasteiger partial charge in [-0.25, -0.2) is 4.68 Å². The molecule has 8 aromatic rings. The van der Waals surface area contributed by atoms with Crippen LogP contribution in [0.5, 0.6) is 0 Å². The summed E-state index contributed by atoms with van der Waals surface area (Å²) in [6.07, 6.45) is 1.94. The van der Waals surface area contributed by atoms with E-state index in [2.05, 4.69) is 213 Å². The van der Waals surface area contributed by atoms with Crippen LogP contribution in [0.25, 0.3) is 33.2 Å². The van der Waals surface area contributed by atoms with Crippen LogP contribution in [-0.2, 0) is 21.7 Å². The fourth-order valence-electron chi connectivity index (χ4n) is 8.62. The molecule has 4 nitrogen and oxygen atoms in total. The lowest BCUT2D eigenvalue weighted by Crippen LogP contribution is -2.33. The smallest absolute Gasteiger partial charge is 0.0874 e. The lowest BCUT2D eigenvalue weighted by atomic mass is 9.65. The Morgan fingerprint density at radius 2 is 0.982 bits per heavy atom. The largest absolute Gasteiger partial charge is 0.309 e. The maximum absolute atomic E-state index is 5.25. The van der Waals surface area contributed by atoms with Gasteiger partial charge in [-0.2, -0.15) is 5.10 Å². The number of aromatic nitrogens is 4. The van der Waals surface area contributed by atoms with Crippen LogP contribution in [0.15, 0.2) is 140 Å². The van der Waals surface area contributed by atoms with Crippen molar-refractivity contribution >= 4 is 21.8 Å². The summed E-state index contributed by atoms with van der Waals surface area (Å²) < 4.78 is 4.52. The van der Waals surface area contributed by atoms with Gasteiger partial charge in [-0.1, -0.05) is 147 Å². The lowest BCUT2D eigenvalue weighted by Gasteiger charge is -2.38. The minimum absolute atomic E-state index is 0.0165. The highest BCUT2D eigenvalue weighted by Crippen LogP contribution is 2.47. The molecule has 8 rings (SSSR count). The fraction of sp³-hybridized carbons (Fsp3) is 0.283. The molecule has 3 heterocycles. The number of nitrogens with zero attached hydrogens (tertiary/aromatic N) is 4. The number of aryl methyl sites for hydroxylation is 2. The standard InChI is InChI=1S/C53H56N4/c1-35-30-36(2)57(55-35)43-27-28-46-45-16-12-13-17-47(45)56(48(46)34-43)44-32-41(52(9,10)11)31-42(33-44)53(49-18-14-15-29-54-49,39-23-19-37(20-24-39)50(3,4)5)40-25-21-38(22-26-40)51(6,7)8/h12-34H,1-11H3. The molecule has 288 valence electrons. The zero-order valence-corrected chi connectivity index (χ0v) is 35.6. The number of hydrogen-bond acceptors (Lipinski definition) is 2. The fourth-order valence-corrected chi connectivity index (χ4v) is 8.62. The van der Waals surface area contributed by atoms with Crippen molar-refractivity contribution in [1.29, 1.82) is 0 Å². The van der Waals surface area contributed by atoms with Crippen molar-refractivity contribution in [1.82, 2.24) is 19.3 Å². The molecular weight excluding hydrogens is 693 g/mol. The Balaban J connectivity index is 1.50. The van der Waals surface area contributed by atoms with Crippen LogP contribution in [0, 0.1) is 13.8 Å².